The Hall–Kier alpha value is 0.250. The van der Waals surface area contributed by atoms with Crippen LogP contribution in [-0.4, -0.2) is 17.5 Å². The van der Waals surface area contributed by atoms with Crippen LogP contribution in [0.5, 0.6) is 0 Å². The first-order valence-electron chi connectivity index (χ1n) is 3.92. The van der Waals surface area contributed by atoms with E-state index in [4.69, 9.17) is 11.6 Å². The van der Waals surface area contributed by atoms with Gasteiger partial charge in [-0.3, -0.25) is 0 Å². The van der Waals surface area contributed by atoms with Crippen LogP contribution in [0.2, 0.25) is 0 Å². The molecule has 0 aromatic heterocycles. The van der Waals surface area contributed by atoms with Crippen LogP contribution in [-0.2, 0) is 0 Å². The molecule has 2 atom stereocenters. The minimum Gasteiger partial charge on any atom is -0.312 e. The van der Waals surface area contributed by atoms with E-state index in [2.05, 4.69) is 26.1 Å². The van der Waals surface area contributed by atoms with Crippen LogP contribution in [0.4, 0.5) is 0 Å². The second-order valence-electron chi connectivity index (χ2n) is 3.24. The molecule has 0 rings (SSSR count). The van der Waals surface area contributed by atoms with Crippen molar-refractivity contribution >= 4 is 11.6 Å². The zero-order valence-corrected chi connectivity index (χ0v) is 8.07. The lowest BCUT2D eigenvalue weighted by atomic mass is 10.2. The Morgan fingerprint density at radius 2 is 1.70 bits per heavy atom. The average molecular weight is 164 g/mol. The summed E-state index contributed by atoms with van der Waals surface area (Å²) in [5.41, 5.74) is 0. The smallest absolute Gasteiger partial charge is 0.0322 e. The number of hydrogen-bond acceptors (Lipinski definition) is 1. The second kappa shape index (κ2) is 4.97. The third-order valence-corrected chi connectivity index (χ3v) is 1.47. The molecule has 0 saturated heterocycles. The Kier molecular flexibility index (Phi) is 5.10. The van der Waals surface area contributed by atoms with Gasteiger partial charge in [-0.05, 0) is 20.3 Å². The lowest BCUT2D eigenvalue weighted by molar-refractivity contribution is 0.464. The van der Waals surface area contributed by atoms with E-state index in [0.29, 0.717) is 12.1 Å². The lowest BCUT2D eigenvalue weighted by Crippen LogP contribution is -2.33. The fraction of sp³-hybridized carbons (Fsp3) is 1.00. The van der Waals surface area contributed by atoms with Crippen molar-refractivity contribution in [2.75, 3.05) is 0 Å². The maximum atomic E-state index is 5.82. The molecule has 0 aromatic rings. The third kappa shape index (κ3) is 6.37. The molecule has 10 heavy (non-hydrogen) atoms. The highest BCUT2D eigenvalue weighted by atomic mass is 35.5. The average Bonchev–Trinajstić information content (AvgIpc) is 1.58. The summed E-state index contributed by atoms with van der Waals surface area (Å²) >= 11 is 5.82. The SMILES string of the molecule is CC(Cl)CC(C)NC(C)C. The minimum absolute atomic E-state index is 0.279. The molecule has 0 fully saturated rings. The van der Waals surface area contributed by atoms with Gasteiger partial charge in [-0.2, -0.15) is 0 Å². The number of halogens is 1. The van der Waals surface area contributed by atoms with Gasteiger partial charge in [0.1, 0.15) is 0 Å². The Bertz CT molecular complexity index is 71.3. The van der Waals surface area contributed by atoms with E-state index in [0.717, 1.165) is 6.42 Å². The Labute approximate surface area is 69.1 Å². The summed E-state index contributed by atoms with van der Waals surface area (Å²) in [6, 6.07) is 1.10. The van der Waals surface area contributed by atoms with Gasteiger partial charge in [-0.15, -0.1) is 11.6 Å². The molecule has 0 saturated carbocycles. The maximum absolute atomic E-state index is 5.82. The van der Waals surface area contributed by atoms with Gasteiger partial charge in [-0.1, -0.05) is 13.8 Å². The summed E-state index contributed by atoms with van der Waals surface area (Å²) in [6.07, 6.45) is 1.04. The number of hydrogen-bond donors (Lipinski definition) is 1. The second-order valence-corrected chi connectivity index (χ2v) is 3.98. The third-order valence-electron chi connectivity index (χ3n) is 1.30. The first kappa shape index (κ1) is 10.2. The van der Waals surface area contributed by atoms with Crippen molar-refractivity contribution in [1.82, 2.24) is 5.32 Å². The highest BCUT2D eigenvalue weighted by molar-refractivity contribution is 6.20. The van der Waals surface area contributed by atoms with Gasteiger partial charge in [0, 0.05) is 17.5 Å². The standard InChI is InChI=1S/C8H18ClN/c1-6(2)10-8(4)5-7(3)9/h6-8,10H,5H2,1-4H3. The predicted octanol–water partition coefficient (Wildman–Crippen LogP) is 2.39. The van der Waals surface area contributed by atoms with Crippen molar-refractivity contribution in [1.29, 1.82) is 0 Å². The normalized spacial score (nSPS) is 17.4. The van der Waals surface area contributed by atoms with E-state index in [-0.39, 0.29) is 5.38 Å². The van der Waals surface area contributed by atoms with Crippen LogP contribution in [0.3, 0.4) is 0 Å². The maximum Gasteiger partial charge on any atom is 0.0322 e. The van der Waals surface area contributed by atoms with Gasteiger partial charge in [0.25, 0.3) is 0 Å². The molecule has 1 nitrogen and oxygen atoms in total. The first-order valence-corrected chi connectivity index (χ1v) is 4.36. The molecular formula is C8H18ClN. The first-order chi connectivity index (χ1) is 4.52. The molecule has 0 spiro atoms. The molecule has 1 N–H and O–H groups in total. The van der Waals surface area contributed by atoms with Crippen LogP contribution in [0.1, 0.15) is 34.1 Å². The van der Waals surface area contributed by atoms with Crippen molar-refractivity contribution in [2.45, 2.75) is 51.6 Å². The van der Waals surface area contributed by atoms with Crippen molar-refractivity contribution < 1.29 is 0 Å². The molecule has 0 heterocycles. The molecule has 0 aliphatic heterocycles. The highest BCUT2D eigenvalue weighted by Gasteiger charge is 2.05. The zero-order valence-electron chi connectivity index (χ0n) is 7.32. The predicted molar refractivity (Wildman–Crippen MR) is 47.7 cm³/mol. The van der Waals surface area contributed by atoms with E-state index in [1.807, 2.05) is 6.92 Å². The summed E-state index contributed by atoms with van der Waals surface area (Å²) in [4.78, 5) is 0. The molecule has 0 aromatic carbocycles. The Morgan fingerprint density at radius 3 is 2.00 bits per heavy atom. The van der Waals surface area contributed by atoms with Gasteiger partial charge in [0.05, 0.1) is 0 Å². The van der Waals surface area contributed by atoms with Crippen LogP contribution in [0, 0.1) is 0 Å². The number of nitrogens with one attached hydrogen (secondary N) is 1. The monoisotopic (exact) mass is 163 g/mol. The fourth-order valence-corrected chi connectivity index (χ4v) is 1.39. The van der Waals surface area contributed by atoms with E-state index in [9.17, 15) is 0 Å². The van der Waals surface area contributed by atoms with Crippen molar-refractivity contribution in [3.05, 3.63) is 0 Å². The zero-order chi connectivity index (χ0) is 8.15. The molecule has 0 amide bonds. The summed E-state index contributed by atoms with van der Waals surface area (Å²) in [5, 5.41) is 3.67. The van der Waals surface area contributed by atoms with Gasteiger partial charge in [0.2, 0.25) is 0 Å². The molecule has 0 bridgehead atoms. The van der Waals surface area contributed by atoms with E-state index in [1.54, 1.807) is 0 Å². The molecule has 0 aliphatic carbocycles. The van der Waals surface area contributed by atoms with Gasteiger partial charge in [-0.25, -0.2) is 0 Å². The number of alkyl halides is 1. The Morgan fingerprint density at radius 1 is 1.20 bits per heavy atom. The topological polar surface area (TPSA) is 12.0 Å². The largest absolute Gasteiger partial charge is 0.312 e. The molecule has 0 aliphatic rings. The van der Waals surface area contributed by atoms with Crippen molar-refractivity contribution in [3.8, 4) is 0 Å². The summed E-state index contributed by atoms with van der Waals surface area (Å²) in [7, 11) is 0. The molecule has 62 valence electrons. The summed E-state index contributed by atoms with van der Waals surface area (Å²) in [5.74, 6) is 0. The van der Waals surface area contributed by atoms with Crippen LogP contribution in [0.25, 0.3) is 0 Å². The summed E-state index contributed by atoms with van der Waals surface area (Å²) < 4.78 is 0. The fourth-order valence-electron chi connectivity index (χ4n) is 1.12. The van der Waals surface area contributed by atoms with E-state index < -0.39 is 0 Å². The van der Waals surface area contributed by atoms with E-state index in [1.165, 1.54) is 0 Å². The summed E-state index contributed by atoms with van der Waals surface area (Å²) in [6.45, 7) is 8.49. The minimum atomic E-state index is 0.279. The van der Waals surface area contributed by atoms with E-state index >= 15 is 0 Å². The number of rotatable bonds is 4. The van der Waals surface area contributed by atoms with Crippen molar-refractivity contribution in [2.24, 2.45) is 0 Å². The molecule has 2 heteroatoms. The van der Waals surface area contributed by atoms with Gasteiger partial charge >= 0.3 is 0 Å². The van der Waals surface area contributed by atoms with Crippen LogP contribution >= 0.6 is 11.6 Å². The lowest BCUT2D eigenvalue weighted by Gasteiger charge is -2.17. The van der Waals surface area contributed by atoms with Crippen LogP contribution in [0.15, 0.2) is 0 Å². The van der Waals surface area contributed by atoms with Gasteiger partial charge in [0.15, 0.2) is 0 Å². The van der Waals surface area contributed by atoms with Gasteiger partial charge < -0.3 is 5.32 Å². The van der Waals surface area contributed by atoms with Crippen molar-refractivity contribution in [3.63, 3.8) is 0 Å². The highest BCUT2D eigenvalue weighted by Crippen LogP contribution is 2.04. The molecular weight excluding hydrogens is 146 g/mol. The molecule has 2 unspecified atom stereocenters. The van der Waals surface area contributed by atoms with Crippen LogP contribution < -0.4 is 5.32 Å². The quantitative estimate of drug-likeness (QED) is 0.628. The molecule has 0 radical (unpaired) electrons. The Balaban J connectivity index is 3.34.